The summed E-state index contributed by atoms with van der Waals surface area (Å²) >= 11 is 0. The standard InChI is InChI=1S/C17H26F3N5O3/c1-10(23-13-8-22-24-16(27)15(13)17(18,19)20)9-28-5-4-14(26)25-11-2-3-12(25)7-21-6-11/h8,10-12,14,21,26H,2-7,9H2,1H3,(H2,23,24,27)/t10-,11?,12?,14?/m0/s1. The van der Waals surface area contributed by atoms with Gasteiger partial charge in [-0.05, 0) is 19.8 Å². The number of piperazine rings is 1. The van der Waals surface area contributed by atoms with E-state index >= 15 is 0 Å². The Balaban J connectivity index is 1.45. The van der Waals surface area contributed by atoms with E-state index in [1.807, 2.05) is 0 Å². The Morgan fingerprint density at radius 1 is 1.39 bits per heavy atom. The number of hydrogen-bond acceptors (Lipinski definition) is 7. The maximum Gasteiger partial charge on any atom is 0.423 e. The number of hydrogen-bond donors (Lipinski definition) is 4. The molecule has 2 aliphatic heterocycles. The molecule has 28 heavy (non-hydrogen) atoms. The molecule has 2 saturated heterocycles. The molecule has 1 aromatic rings. The lowest BCUT2D eigenvalue weighted by atomic mass is 10.2. The van der Waals surface area contributed by atoms with Gasteiger partial charge in [-0.2, -0.15) is 18.3 Å². The molecule has 4 atom stereocenters. The van der Waals surface area contributed by atoms with Crippen molar-refractivity contribution in [2.24, 2.45) is 0 Å². The van der Waals surface area contributed by atoms with Gasteiger partial charge in [-0.15, -0.1) is 0 Å². The van der Waals surface area contributed by atoms with Crippen LogP contribution in [0.25, 0.3) is 0 Å². The van der Waals surface area contributed by atoms with Crippen molar-refractivity contribution in [3.05, 3.63) is 22.1 Å². The van der Waals surface area contributed by atoms with Crippen molar-refractivity contribution in [2.75, 3.05) is 31.6 Å². The zero-order valence-corrected chi connectivity index (χ0v) is 15.6. The molecule has 11 heteroatoms. The van der Waals surface area contributed by atoms with Gasteiger partial charge in [0.1, 0.15) is 11.8 Å². The first-order chi connectivity index (χ1) is 13.3. The number of aromatic nitrogens is 2. The van der Waals surface area contributed by atoms with E-state index in [0.717, 1.165) is 32.1 Å². The molecule has 3 rings (SSSR count). The number of ether oxygens (including phenoxy) is 1. The van der Waals surface area contributed by atoms with Gasteiger partial charge < -0.3 is 20.5 Å². The third kappa shape index (κ3) is 4.83. The third-order valence-corrected chi connectivity index (χ3v) is 5.21. The Morgan fingerprint density at radius 3 is 2.71 bits per heavy atom. The minimum Gasteiger partial charge on any atom is -0.379 e. The van der Waals surface area contributed by atoms with Gasteiger partial charge in [0.2, 0.25) is 0 Å². The minimum absolute atomic E-state index is 0.130. The summed E-state index contributed by atoms with van der Waals surface area (Å²) < 4.78 is 44.7. The first-order valence-electron chi connectivity index (χ1n) is 9.42. The van der Waals surface area contributed by atoms with Gasteiger partial charge in [-0.3, -0.25) is 9.69 Å². The van der Waals surface area contributed by atoms with E-state index < -0.39 is 29.6 Å². The fourth-order valence-electron chi connectivity index (χ4n) is 3.99. The van der Waals surface area contributed by atoms with E-state index in [1.165, 1.54) is 0 Å². The second kappa shape index (κ2) is 8.76. The van der Waals surface area contributed by atoms with Crippen LogP contribution < -0.4 is 16.2 Å². The van der Waals surface area contributed by atoms with Gasteiger partial charge in [0.05, 0.1) is 25.1 Å². The molecule has 4 N–H and O–H groups in total. The lowest BCUT2D eigenvalue weighted by Crippen LogP contribution is -2.56. The number of aliphatic hydroxyl groups excluding tert-OH is 1. The summed E-state index contributed by atoms with van der Waals surface area (Å²) in [6.45, 7) is 3.82. The number of aliphatic hydroxyl groups is 1. The molecule has 3 heterocycles. The van der Waals surface area contributed by atoms with Gasteiger partial charge in [0, 0.05) is 37.6 Å². The molecule has 2 aliphatic rings. The average Bonchev–Trinajstić information content (AvgIpc) is 2.86. The molecule has 0 aromatic carbocycles. The number of rotatable bonds is 8. The lowest BCUT2D eigenvalue weighted by molar-refractivity contribution is -0.138. The molecule has 2 bridgehead atoms. The molecule has 1 aromatic heterocycles. The zero-order chi connectivity index (χ0) is 20.3. The summed E-state index contributed by atoms with van der Waals surface area (Å²) in [4.78, 5) is 13.6. The highest BCUT2D eigenvalue weighted by molar-refractivity contribution is 5.50. The molecule has 158 valence electrons. The van der Waals surface area contributed by atoms with Crippen LogP contribution in [0.3, 0.4) is 0 Å². The van der Waals surface area contributed by atoms with Crippen molar-refractivity contribution in [3.63, 3.8) is 0 Å². The second-order valence-corrected chi connectivity index (χ2v) is 7.37. The van der Waals surface area contributed by atoms with E-state index in [1.54, 1.807) is 12.0 Å². The maximum atomic E-state index is 13.0. The van der Waals surface area contributed by atoms with E-state index in [0.29, 0.717) is 18.5 Å². The summed E-state index contributed by atoms with van der Waals surface area (Å²) in [6, 6.07) is 0.217. The monoisotopic (exact) mass is 405 g/mol. The lowest BCUT2D eigenvalue weighted by Gasteiger charge is -2.38. The van der Waals surface area contributed by atoms with Crippen LogP contribution in [0.15, 0.2) is 11.0 Å². The van der Waals surface area contributed by atoms with Crippen LogP contribution in [-0.2, 0) is 10.9 Å². The van der Waals surface area contributed by atoms with Crippen LogP contribution in [0, 0.1) is 0 Å². The van der Waals surface area contributed by atoms with Crippen LogP contribution in [0.1, 0.15) is 31.7 Å². The number of fused-ring (bicyclic) bond motifs is 2. The summed E-state index contributed by atoms with van der Waals surface area (Å²) in [6.07, 6.45) is -1.86. The number of nitrogens with one attached hydrogen (secondary N) is 3. The maximum absolute atomic E-state index is 13.0. The number of anilines is 1. The van der Waals surface area contributed by atoms with E-state index in [-0.39, 0.29) is 18.9 Å². The van der Waals surface area contributed by atoms with Crippen LogP contribution in [0.4, 0.5) is 18.9 Å². The number of halogens is 3. The zero-order valence-electron chi connectivity index (χ0n) is 15.6. The van der Waals surface area contributed by atoms with Crippen LogP contribution in [0.2, 0.25) is 0 Å². The molecule has 2 fully saturated rings. The number of H-pyrrole nitrogens is 1. The van der Waals surface area contributed by atoms with Crippen molar-refractivity contribution < 1.29 is 23.0 Å². The topological polar surface area (TPSA) is 103 Å². The Bertz CT molecular complexity index is 698. The summed E-state index contributed by atoms with van der Waals surface area (Å²) in [5.41, 5.74) is -2.98. The van der Waals surface area contributed by atoms with E-state index in [4.69, 9.17) is 4.74 Å². The smallest absolute Gasteiger partial charge is 0.379 e. The van der Waals surface area contributed by atoms with Gasteiger partial charge in [0.15, 0.2) is 0 Å². The highest BCUT2D eigenvalue weighted by atomic mass is 19.4. The Morgan fingerprint density at radius 2 is 2.07 bits per heavy atom. The minimum atomic E-state index is -4.79. The highest BCUT2D eigenvalue weighted by Gasteiger charge is 2.40. The molecular formula is C17H26F3N5O3. The molecule has 0 saturated carbocycles. The quantitative estimate of drug-likeness (QED) is 0.474. The van der Waals surface area contributed by atoms with Gasteiger partial charge >= 0.3 is 6.18 Å². The summed E-state index contributed by atoms with van der Waals surface area (Å²) in [7, 11) is 0. The average molecular weight is 405 g/mol. The summed E-state index contributed by atoms with van der Waals surface area (Å²) in [5.74, 6) is 0. The number of aromatic amines is 1. The van der Waals surface area contributed by atoms with Crippen LogP contribution in [-0.4, -0.2) is 70.9 Å². The van der Waals surface area contributed by atoms with Crippen molar-refractivity contribution in [2.45, 2.75) is 56.7 Å². The van der Waals surface area contributed by atoms with E-state index in [9.17, 15) is 23.1 Å². The molecule has 0 spiro atoms. The van der Waals surface area contributed by atoms with Crippen molar-refractivity contribution in [1.29, 1.82) is 0 Å². The highest BCUT2D eigenvalue weighted by Crippen LogP contribution is 2.31. The normalized spacial score (nSPS) is 24.9. The third-order valence-electron chi connectivity index (χ3n) is 5.21. The number of alkyl halides is 3. The summed E-state index contributed by atoms with van der Waals surface area (Å²) in [5, 5.41) is 21.6. The SMILES string of the molecule is C[C@@H](COCCC(O)N1C2CCC1CNC2)Nc1cn[nH]c(=O)c1C(F)(F)F. The Labute approximate surface area is 160 Å². The van der Waals surface area contributed by atoms with Gasteiger partial charge in [-0.1, -0.05) is 0 Å². The van der Waals surface area contributed by atoms with Gasteiger partial charge in [-0.25, -0.2) is 5.10 Å². The van der Waals surface area contributed by atoms with Crippen molar-refractivity contribution >= 4 is 5.69 Å². The molecule has 0 aliphatic carbocycles. The largest absolute Gasteiger partial charge is 0.423 e. The van der Waals surface area contributed by atoms with E-state index in [2.05, 4.69) is 20.6 Å². The Kier molecular flexibility index (Phi) is 6.58. The van der Waals surface area contributed by atoms with Crippen molar-refractivity contribution in [3.8, 4) is 0 Å². The second-order valence-electron chi connectivity index (χ2n) is 7.37. The van der Waals surface area contributed by atoms with Gasteiger partial charge in [0.25, 0.3) is 5.56 Å². The first kappa shape index (κ1) is 21.0. The molecule has 3 unspecified atom stereocenters. The van der Waals surface area contributed by atoms with Crippen LogP contribution in [0.5, 0.6) is 0 Å². The van der Waals surface area contributed by atoms with Crippen molar-refractivity contribution in [1.82, 2.24) is 20.4 Å². The molecule has 8 nitrogen and oxygen atoms in total. The van der Waals surface area contributed by atoms with Crippen LogP contribution >= 0.6 is 0 Å². The Hall–Kier alpha value is -1.69. The molecule has 0 radical (unpaired) electrons. The fourth-order valence-corrected chi connectivity index (χ4v) is 3.99. The molecular weight excluding hydrogens is 379 g/mol. The fraction of sp³-hybridized carbons (Fsp3) is 0.765. The number of nitrogens with zero attached hydrogens (tertiary/aromatic N) is 2. The molecule has 0 amide bonds. The predicted molar refractivity (Wildman–Crippen MR) is 95.9 cm³/mol. The predicted octanol–water partition coefficient (Wildman–Crippen LogP) is 0.750. The first-order valence-corrected chi connectivity index (χ1v) is 9.42.